The van der Waals surface area contributed by atoms with Crippen LogP contribution in [0, 0.1) is 0 Å². The molecule has 6 rings (SSSR count). The molecule has 230 valence electrons. The van der Waals surface area contributed by atoms with Crippen molar-refractivity contribution in [3.05, 3.63) is 156 Å². The van der Waals surface area contributed by atoms with Gasteiger partial charge in [-0.05, 0) is 36.4 Å². The molecule has 0 saturated carbocycles. The van der Waals surface area contributed by atoms with Crippen molar-refractivity contribution >= 4 is 28.8 Å². The Morgan fingerprint density at radius 3 is 2.26 bits per heavy atom. The quantitative estimate of drug-likeness (QED) is 0.188. The maximum absolute atomic E-state index is 13.3. The van der Waals surface area contributed by atoms with Gasteiger partial charge in [-0.1, -0.05) is 67.8 Å². The van der Waals surface area contributed by atoms with E-state index in [-0.39, 0.29) is 12.2 Å². The van der Waals surface area contributed by atoms with Gasteiger partial charge in [-0.25, -0.2) is 4.99 Å². The third-order valence-electron chi connectivity index (χ3n) is 7.38. The van der Waals surface area contributed by atoms with Gasteiger partial charge in [-0.15, -0.1) is 5.73 Å². The topological polar surface area (TPSA) is 93.7 Å². The van der Waals surface area contributed by atoms with Crippen molar-refractivity contribution in [1.82, 2.24) is 4.90 Å². The van der Waals surface area contributed by atoms with Gasteiger partial charge in [0.25, 0.3) is 5.91 Å². The molecule has 4 aromatic carbocycles. The number of amides is 1. The number of aliphatic imine (C=N–C) groups is 1. The maximum atomic E-state index is 13.3. The highest BCUT2D eigenvalue weighted by molar-refractivity contribution is 6.11. The molecule has 46 heavy (non-hydrogen) atoms. The fraction of sp³-hybridized carbons (Fsp3) is 0.108. The number of nitrogens with one attached hydrogen (secondary N) is 2. The van der Waals surface area contributed by atoms with Crippen LogP contribution in [0.5, 0.6) is 11.5 Å². The lowest BCUT2D eigenvalue weighted by Crippen LogP contribution is -2.27. The first kappa shape index (κ1) is 30.2. The Balaban J connectivity index is 1.16. The van der Waals surface area contributed by atoms with E-state index in [1.807, 2.05) is 85.1 Å². The zero-order chi connectivity index (χ0) is 32.0. The molecule has 0 atom stereocenters. The number of hydrogen-bond donors (Lipinski definition) is 2. The summed E-state index contributed by atoms with van der Waals surface area (Å²) in [6.07, 6.45) is 2.64. The van der Waals surface area contributed by atoms with E-state index in [9.17, 15) is 4.79 Å². The summed E-state index contributed by atoms with van der Waals surface area (Å²) in [4.78, 5) is 19.9. The SMILES string of the molecule is C=C=CN1C=C(c2cccc(C(=O)Nc3ccc(C4OC(c5ccccc5)O4)cc3)c2)N=C(Nc2ccc(OC)c(OC)c2)C1=C. The number of carbonyl (C=O) groups excluding carboxylic acids is 1. The molecule has 1 amide bonds. The summed E-state index contributed by atoms with van der Waals surface area (Å²) in [7, 11) is 3.16. The number of ether oxygens (including phenoxy) is 4. The lowest BCUT2D eigenvalue weighted by atomic mass is 10.1. The van der Waals surface area contributed by atoms with Crippen LogP contribution in [0.2, 0.25) is 0 Å². The zero-order valence-electron chi connectivity index (χ0n) is 25.4. The Labute approximate surface area is 267 Å². The van der Waals surface area contributed by atoms with Crippen LogP contribution in [0.15, 0.2) is 139 Å². The van der Waals surface area contributed by atoms with E-state index < -0.39 is 6.29 Å². The summed E-state index contributed by atoms with van der Waals surface area (Å²) in [5.41, 5.74) is 8.40. The standard InChI is InChI=1S/C37H32N4O5/c1-5-20-41-23-31(40-34(24(41)2)38-30-18-19-32(43-3)33(22-30)44-4)27-12-9-13-28(21-27)35(42)39-29-16-14-26(15-17-29)37-45-36(46-37)25-10-7-6-8-11-25/h6-23,36-37H,1-2H2,3-4H3,(H,38,40)(H,39,42). The molecule has 2 heterocycles. The van der Waals surface area contributed by atoms with Crippen LogP contribution in [0.25, 0.3) is 5.70 Å². The van der Waals surface area contributed by atoms with Gasteiger partial charge in [0.1, 0.15) is 0 Å². The lowest BCUT2D eigenvalue weighted by Gasteiger charge is -2.36. The number of benzene rings is 4. The van der Waals surface area contributed by atoms with Crippen molar-refractivity contribution < 1.29 is 23.7 Å². The van der Waals surface area contributed by atoms with Crippen molar-refractivity contribution in [3.8, 4) is 11.5 Å². The van der Waals surface area contributed by atoms with Gasteiger partial charge in [0.2, 0.25) is 0 Å². The molecule has 9 nitrogen and oxygen atoms in total. The molecule has 0 bridgehead atoms. The minimum Gasteiger partial charge on any atom is -0.493 e. The highest BCUT2D eigenvalue weighted by Crippen LogP contribution is 2.41. The van der Waals surface area contributed by atoms with E-state index in [0.29, 0.717) is 40.0 Å². The average molecular weight is 613 g/mol. The van der Waals surface area contributed by atoms with Gasteiger partial charge in [-0.2, -0.15) is 0 Å². The maximum Gasteiger partial charge on any atom is 0.255 e. The highest BCUT2D eigenvalue weighted by atomic mass is 16.9. The number of hydrogen-bond acceptors (Lipinski definition) is 8. The van der Waals surface area contributed by atoms with Crippen LogP contribution in [-0.4, -0.2) is 30.9 Å². The minimum atomic E-state index is -0.450. The normalized spacial score (nSPS) is 17.1. The summed E-state index contributed by atoms with van der Waals surface area (Å²) in [5.74, 6) is 1.42. The van der Waals surface area contributed by atoms with E-state index in [1.54, 1.807) is 43.5 Å². The van der Waals surface area contributed by atoms with E-state index in [1.165, 1.54) is 0 Å². The first-order valence-electron chi connectivity index (χ1n) is 14.5. The molecule has 0 spiro atoms. The minimum absolute atomic E-state index is 0.258. The van der Waals surface area contributed by atoms with Gasteiger partial charge in [0.15, 0.2) is 29.9 Å². The number of rotatable bonds is 9. The number of anilines is 2. The number of nitrogens with zero attached hydrogens (tertiary/aromatic N) is 2. The molecule has 0 aliphatic carbocycles. The van der Waals surface area contributed by atoms with E-state index in [0.717, 1.165) is 22.4 Å². The van der Waals surface area contributed by atoms with Crippen LogP contribution < -0.4 is 20.1 Å². The zero-order valence-corrected chi connectivity index (χ0v) is 25.4. The highest BCUT2D eigenvalue weighted by Gasteiger charge is 2.33. The lowest BCUT2D eigenvalue weighted by molar-refractivity contribution is -0.397. The van der Waals surface area contributed by atoms with E-state index >= 15 is 0 Å². The Kier molecular flexibility index (Phi) is 8.80. The molecule has 4 aromatic rings. The van der Waals surface area contributed by atoms with Crippen LogP contribution in [0.3, 0.4) is 0 Å². The van der Waals surface area contributed by atoms with Crippen molar-refractivity contribution in [2.75, 3.05) is 24.9 Å². The van der Waals surface area contributed by atoms with Crippen molar-refractivity contribution in [1.29, 1.82) is 0 Å². The predicted octanol–water partition coefficient (Wildman–Crippen LogP) is 7.64. The first-order valence-corrected chi connectivity index (χ1v) is 14.5. The second-order valence-electron chi connectivity index (χ2n) is 10.4. The number of methoxy groups -OCH3 is 2. The molecular formula is C37H32N4O5. The fourth-order valence-corrected chi connectivity index (χ4v) is 4.95. The van der Waals surface area contributed by atoms with Gasteiger partial charge in [-0.3, -0.25) is 4.79 Å². The summed E-state index contributed by atoms with van der Waals surface area (Å²) in [6, 6.07) is 29.9. The average Bonchev–Trinajstić information content (AvgIpc) is 3.07. The van der Waals surface area contributed by atoms with Crippen LogP contribution >= 0.6 is 0 Å². The van der Waals surface area contributed by atoms with Gasteiger partial charge < -0.3 is 34.5 Å². The smallest absolute Gasteiger partial charge is 0.255 e. The molecule has 0 radical (unpaired) electrons. The Morgan fingerprint density at radius 1 is 0.870 bits per heavy atom. The van der Waals surface area contributed by atoms with E-state index in [4.69, 9.17) is 23.9 Å². The summed E-state index contributed by atoms with van der Waals surface area (Å²) in [6.45, 7) is 7.89. The second kappa shape index (κ2) is 13.4. The van der Waals surface area contributed by atoms with Gasteiger partial charge >= 0.3 is 0 Å². The third kappa shape index (κ3) is 6.47. The second-order valence-corrected chi connectivity index (χ2v) is 10.4. The molecular weight excluding hydrogens is 580 g/mol. The number of carbonyl (C=O) groups is 1. The van der Waals surface area contributed by atoms with Crippen LogP contribution in [0.1, 0.15) is 39.6 Å². The largest absolute Gasteiger partial charge is 0.493 e. The molecule has 2 N–H and O–H groups in total. The first-order chi connectivity index (χ1) is 22.4. The van der Waals surface area contributed by atoms with Gasteiger partial charge in [0, 0.05) is 45.9 Å². The van der Waals surface area contributed by atoms with Crippen LogP contribution in [-0.2, 0) is 9.47 Å². The Hall–Kier alpha value is -5.86. The Bertz CT molecular complexity index is 1870. The molecule has 1 saturated heterocycles. The summed E-state index contributed by atoms with van der Waals surface area (Å²) >= 11 is 0. The predicted molar refractivity (Wildman–Crippen MR) is 178 cm³/mol. The summed E-state index contributed by atoms with van der Waals surface area (Å²) in [5, 5.41) is 6.28. The van der Waals surface area contributed by atoms with Crippen LogP contribution in [0.4, 0.5) is 11.4 Å². The van der Waals surface area contributed by atoms with Crippen molar-refractivity contribution in [3.63, 3.8) is 0 Å². The molecule has 2 aliphatic heterocycles. The monoisotopic (exact) mass is 612 g/mol. The number of amidine groups is 1. The molecule has 9 heteroatoms. The molecule has 2 aliphatic rings. The van der Waals surface area contributed by atoms with Crippen molar-refractivity contribution in [2.24, 2.45) is 4.99 Å². The fourth-order valence-electron chi connectivity index (χ4n) is 4.95. The van der Waals surface area contributed by atoms with Gasteiger partial charge in [0.05, 0.1) is 31.8 Å². The molecule has 0 aromatic heterocycles. The van der Waals surface area contributed by atoms with E-state index in [2.05, 4.69) is 29.5 Å². The van der Waals surface area contributed by atoms with Crippen molar-refractivity contribution in [2.45, 2.75) is 12.6 Å². The summed E-state index contributed by atoms with van der Waals surface area (Å²) < 4.78 is 22.6. The third-order valence-corrected chi connectivity index (χ3v) is 7.38. The molecule has 1 fully saturated rings. The Morgan fingerprint density at radius 2 is 1.57 bits per heavy atom. The molecule has 0 unspecified atom stereocenters.